The van der Waals surface area contributed by atoms with E-state index in [4.69, 9.17) is 23.2 Å². The summed E-state index contributed by atoms with van der Waals surface area (Å²) >= 11 is 12.0. The molecule has 0 aliphatic heterocycles. The maximum absolute atomic E-state index is 10.1. The molecule has 102 valence electrons. The van der Waals surface area contributed by atoms with Gasteiger partial charge in [0, 0.05) is 6.61 Å². The molecule has 3 atom stereocenters. The summed E-state index contributed by atoms with van der Waals surface area (Å²) in [6, 6.07) is 3.42. The highest BCUT2D eigenvalue weighted by Crippen LogP contribution is 2.37. The maximum Gasteiger partial charge on any atom is 0.0961 e. The molecule has 0 saturated heterocycles. The van der Waals surface area contributed by atoms with Crippen LogP contribution >= 0.6 is 23.2 Å². The van der Waals surface area contributed by atoms with Gasteiger partial charge in [0.1, 0.15) is 0 Å². The van der Waals surface area contributed by atoms with E-state index in [0.717, 1.165) is 17.5 Å². The lowest BCUT2D eigenvalue weighted by Crippen LogP contribution is -2.17. The highest BCUT2D eigenvalue weighted by Gasteiger charge is 2.34. The molecule has 1 aromatic heterocycles. The minimum absolute atomic E-state index is 0.0700. The van der Waals surface area contributed by atoms with Crippen molar-refractivity contribution < 1.29 is 10.2 Å². The molecule has 1 heterocycles. The second-order valence-electron chi connectivity index (χ2n) is 5.06. The smallest absolute Gasteiger partial charge is 0.0961 e. The first-order chi connectivity index (χ1) is 9.10. The third kappa shape index (κ3) is 2.23. The van der Waals surface area contributed by atoms with Gasteiger partial charge in [-0.1, -0.05) is 23.2 Å². The molecule has 1 fully saturated rings. The number of aliphatic hydroxyl groups is 2. The van der Waals surface area contributed by atoms with Crippen molar-refractivity contribution in [2.24, 2.45) is 5.92 Å². The van der Waals surface area contributed by atoms with E-state index < -0.39 is 6.10 Å². The quantitative estimate of drug-likeness (QED) is 0.896. The summed E-state index contributed by atoms with van der Waals surface area (Å²) in [7, 11) is 0. The fourth-order valence-electron chi connectivity index (χ4n) is 2.83. The molecule has 3 unspecified atom stereocenters. The summed E-state index contributed by atoms with van der Waals surface area (Å²) in [5.74, 6) is 0.139. The van der Waals surface area contributed by atoms with Gasteiger partial charge in [-0.25, -0.2) is 4.98 Å². The van der Waals surface area contributed by atoms with Crippen LogP contribution in [0.15, 0.2) is 18.5 Å². The first kappa shape index (κ1) is 13.2. The Balaban J connectivity index is 2.04. The largest absolute Gasteiger partial charge is 0.396 e. The molecule has 2 aromatic rings. The van der Waals surface area contributed by atoms with Crippen molar-refractivity contribution in [1.82, 2.24) is 9.55 Å². The number of halogens is 2. The summed E-state index contributed by atoms with van der Waals surface area (Å²) in [5.41, 5.74) is 1.62. The van der Waals surface area contributed by atoms with Crippen LogP contribution in [0.2, 0.25) is 10.0 Å². The third-order valence-electron chi connectivity index (χ3n) is 3.83. The number of benzene rings is 1. The molecule has 0 amide bonds. The molecule has 1 aliphatic carbocycles. The van der Waals surface area contributed by atoms with Crippen molar-refractivity contribution in [2.75, 3.05) is 6.61 Å². The Kier molecular flexibility index (Phi) is 3.43. The Labute approximate surface area is 120 Å². The number of hydrogen-bond donors (Lipinski definition) is 2. The Morgan fingerprint density at radius 3 is 2.68 bits per heavy atom. The molecule has 0 spiro atoms. The molecule has 2 N–H and O–H groups in total. The molecular formula is C13H14Cl2N2O2. The SMILES string of the molecule is OCC1CC(O)C(n2cnc3cc(Cl)c(Cl)cc32)C1. The molecule has 0 radical (unpaired) electrons. The van der Waals surface area contributed by atoms with Crippen LogP contribution in [0.1, 0.15) is 18.9 Å². The average molecular weight is 301 g/mol. The predicted octanol–water partition coefficient (Wildman–Crippen LogP) is 2.65. The second kappa shape index (κ2) is 4.94. The van der Waals surface area contributed by atoms with Crippen LogP contribution in [-0.4, -0.2) is 32.5 Å². The van der Waals surface area contributed by atoms with Crippen LogP contribution in [0.25, 0.3) is 11.0 Å². The van der Waals surface area contributed by atoms with E-state index in [-0.39, 0.29) is 18.6 Å². The van der Waals surface area contributed by atoms with Gasteiger partial charge in [-0.3, -0.25) is 0 Å². The number of rotatable bonds is 2. The number of imidazole rings is 1. The van der Waals surface area contributed by atoms with Gasteiger partial charge >= 0.3 is 0 Å². The number of fused-ring (bicyclic) bond motifs is 1. The molecular weight excluding hydrogens is 287 g/mol. The Morgan fingerprint density at radius 2 is 2.00 bits per heavy atom. The van der Waals surface area contributed by atoms with Gasteiger partial charge in [-0.15, -0.1) is 0 Å². The maximum atomic E-state index is 10.1. The van der Waals surface area contributed by atoms with Crippen molar-refractivity contribution in [3.8, 4) is 0 Å². The molecule has 0 bridgehead atoms. The van der Waals surface area contributed by atoms with Crippen molar-refractivity contribution >= 4 is 34.2 Å². The van der Waals surface area contributed by atoms with Gasteiger partial charge in [0.2, 0.25) is 0 Å². The van der Waals surface area contributed by atoms with Crippen molar-refractivity contribution in [1.29, 1.82) is 0 Å². The van der Waals surface area contributed by atoms with Gasteiger partial charge in [-0.2, -0.15) is 0 Å². The monoisotopic (exact) mass is 300 g/mol. The molecule has 1 aliphatic rings. The standard InChI is InChI=1S/C13H14Cl2N2O2/c14-8-3-10-11(4-9(8)15)17(6-16-10)12-1-7(5-18)2-13(12)19/h3-4,6-7,12-13,18-19H,1-2,5H2. The minimum Gasteiger partial charge on any atom is -0.396 e. The zero-order valence-corrected chi connectivity index (χ0v) is 11.6. The summed E-state index contributed by atoms with van der Waals surface area (Å²) in [6.07, 6.45) is 2.58. The lowest BCUT2D eigenvalue weighted by atomic mass is 10.1. The first-order valence-electron chi connectivity index (χ1n) is 6.20. The number of aromatic nitrogens is 2. The van der Waals surface area contributed by atoms with E-state index in [0.29, 0.717) is 16.5 Å². The Bertz CT molecular complexity index is 614. The fraction of sp³-hybridized carbons (Fsp3) is 0.462. The first-order valence-corrected chi connectivity index (χ1v) is 6.96. The van der Waals surface area contributed by atoms with Crippen molar-refractivity contribution in [3.05, 3.63) is 28.5 Å². The van der Waals surface area contributed by atoms with Crippen molar-refractivity contribution in [2.45, 2.75) is 25.0 Å². The normalized spacial score (nSPS) is 27.3. The fourth-order valence-corrected chi connectivity index (χ4v) is 3.14. The minimum atomic E-state index is -0.469. The second-order valence-corrected chi connectivity index (χ2v) is 5.88. The van der Waals surface area contributed by atoms with Gasteiger partial charge in [0.15, 0.2) is 0 Å². The number of aliphatic hydroxyl groups excluding tert-OH is 2. The van der Waals surface area contributed by atoms with Crippen LogP contribution in [-0.2, 0) is 0 Å². The summed E-state index contributed by atoms with van der Waals surface area (Å²) < 4.78 is 1.93. The summed E-state index contributed by atoms with van der Waals surface area (Å²) in [5, 5.41) is 20.3. The third-order valence-corrected chi connectivity index (χ3v) is 4.55. The van der Waals surface area contributed by atoms with Gasteiger partial charge < -0.3 is 14.8 Å². The molecule has 19 heavy (non-hydrogen) atoms. The molecule has 1 saturated carbocycles. The van der Waals surface area contributed by atoms with Crippen LogP contribution < -0.4 is 0 Å². The van der Waals surface area contributed by atoms with Crippen LogP contribution in [0.3, 0.4) is 0 Å². The van der Waals surface area contributed by atoms with E-state index in [1.807, 2.05) is 4.57 Å². The summed E-state index contributed by atoms with van der Waals surface area (Å²) in [4.78, 5) is 4.30. The molecule has 4 nitrogen and oxygen atoms in total. The number of hydrogen-bond acceptors (Lipinski definition) is 3. The van der Waals surface area contributed by atoms with Crippen LogP contribution in [0.4, 0.5) is 0 Å². The highest BCUT2D eigenvalue weighted by atomic mass is 35.5. The Morgan fingerprint density at radius 1 is 1.26 bits per heavy atom. The average Bonchev–Trinajstić information content (AvgIpc) is 2.93. The van der Waals surface area contributed by atoms with E-state index >= 15 is 0 Å². The molecule has 1 aromatic carbocycles. The van der Waals surface area contributed by atoms with E-state index in [9.17, 15) is 10.2 Å². The van der Waals surface area contributed by atoms with Gasteiger partial charge in [-0.05, 0) is 30.9 Å². The van der Waals surface area contributed by atoms with Gasteiger partial charge in [0.25, 0.3) is 0 Å². The van der Waals surface area contributed by atoms with E-state index in [2.05, 4.69) is 4.98 Å². The number of nitrogens with zero attached hydrogens (tertiary/aromatic N) is 2. The van der Waals surface area contributed by atoms with Crippen LogP contribution in [0, 0.1) is 5.92 Å². The van der Waals surface area contributed by atoms with Crippen molar-refractivity contribution in [3.63, 3.8) is 0 Å². The summed E-state index contributed by atoms with van der Waals surface area (Å²) in [6.45, 7) is 0.104. The molecule has 3 rings (SSSR count). The molecule has 6 heteroatoms. The van der Waals surface area contributed by atoms with Gasteiger partial charge in [0.05, 0.1) is 39.6 Å². The Hall–Kier alpha value is -0.810. The topological polar surface area (TPSA) is 58.3 Å². The lowest BCUT2D eigenvalue weighted by molar-refractivity contribution is 0.132. The van der Waals surface area contributed by atoms with Crippen LogP contribution in [0.5, 0.6) is 0 Å². The lowest BCUT2D eigenvalue weighted by Gasteiger charge is -2.17. The zero-order valence-electron chi connectivity index (χ0n) is 10.1. The van der Waals surface area contributed by atoms with E-state index in [1.165, 1.54) is 0 Å². The predicted molar refractivity (Wildman–Crippen MR) is 74.6 cm³/mol. The zero-order chi connectivity index (χ0) is 13.6. The highest BCUT2D eigenvalue weighted by molar-refractivity contribution is 6.42. The van der Waals surface area contributed by atoms with E-state index in [1.54, 1.807) is 18.5 Å².